The van der Waals surface area contributed by atoms with Gasteiger partial charge in [0.1, 0.15) is 5.69 Å². The van der Waals surface area contributed by atoms with Crippen LogP contribution in [0.4, 0.5) is 11.4 Å². The summed E-state index contributed by atoms with van der Waals surface area (Å²) < 4.78 is 4.97. The molecule has 0 aliphatic carbocycles. The van der Waals surface area contributed by atoms with Crippen molar-refractivity contribution in [3.8, 4) is 0 Å². The largest absolute Gasteiger partial charge is 0.383 e. The van der Waals surface area contributed by atoms with Crippen LogP contribution in [0.25, 0.3) is 0 Å². The van der Waals surface area contributed by atoms with E-state index in [1.807, 2.05) is 13.8 Å². The Morgan fingerprint density at radius 2 is 2.25 bits per heavy atom. The molecule has 0 aliphatic heterocycles. The first-order chi connectivity index (χ1) is 7.54. The molecule has 0 fully saturated rings. The van der Waals surface area contributed by atoms with Gasteiger partial charge in [0.05, 0.1) is 11.5 Å². The number of nitrogens with one attached hydrogen (secondary N) is 1. The quantitative estimate of drug-likeness (QED) is 0.616. The van der Waals surface area contributed by atoms with Gasteiger partial charge in [-0.25, -0.2) is 0 Å². The molecule has 0 radical (unpaired) electrons. The van der Waals surface area contributed by atoms with Crippen LogP contribution in [0.15, 0.2) is 18.2 Å². The van der Waals surface area contributed by atoms with Gasteiger partial charge in [-0.05, 0) is 25.5 Å². The van der Waals surface area contributed by atoms with Crippen LogP contribution in [0.1, 0.15) is 12.5 Å². The molecule has 1 unspecified atom stereocenters. The third kappa shape index (κ3) is 3.20. The van der Waals surface area contributed by atoms with Crippen molar-refractivity contribution < 1.29 is 9.66 Å². The van der Waals surface area contributed by atoms with Gasteiger partial charge in [-0.3, -0.25) is 10.1 Å². The summed E-state index contributed by atoms with van der Waals surface area (Å²) in [6.07, 6.45) is 0. The predicted molar refractivity (Wildman–Crippen MR) is 62.8 cm³/mol. The van der Waals surface area contributed by atoms with Gasteiger partial charge in [0.15, 0.2) is 0 Å². The summed E-state index contributed by atoms with van der Waals surface area (Å²) in [6, 6.07) is 5.04. The Balaban J connectivity index is 2.92. The number of nitro groups is 1. The second kappa shape index (κ2) is 5.46. The number of benzene rings is 1. The van der Waals surface area contributed by atoms with E-state index in [9.17, 15) is 10.1 Å². The maximum absolute atomic E-state index is 10.8. The minimum Gasteiger partial charge on any atom is -0.383 e. The molecule has 0 bridgehead atoms. The topological polar surface area (TPSA) is 64.4 Å². The molecule has 1 aromatic carbocycles. The number of aryl methyl sites for hydroxylation is 1. The Labute approximate surface area is 94.6 Å². The molecule has 0 saturated heterocycles. The predicted octanol–water partition coefficient (Wildman–Crippen LogP) is 2.35. The number of ether oxygens (including phenoxy) is 1. The molecule has 0 saturated carbocycles. The zero-order chi connectivity index (χ0) is 12.1. The lowest BCUT2D eigenvalue weighted by molar-refractivity contribution is -0.384. The number of anilines is 1. The van der Waals surface area contributed by atoms with Gasteiger partial charge in [0.2, 0.25) is 0 Å². The summed E-state index contributed by atoms with van der Waals surface area (Å²) >= 11 is 0. The molecule has 1 rings (SSSR count). The van der Waals surface area contributed by atoms with E-state index in [2.05, 4.69) is 5.32 Å². The van der Waals surface area contributed by atoms with E-state index in [0.717, 1.165) is 5.56 Å². The summed E-state index contributed by atoms with van der Waals surface area (Å²) in [7, 11) is 1.60. The van der Waals surface area contributed by atoms with Gasteiger partial charge in [0.25, 0.3) is 5.69 Å². The van der Waals surface area contributed by atoms with Gasteiger partial charge in [-0.15, -0.1) is 0 Å². The molecule has 1 N–H and O–H groups in total. The van der Waals surface area contributed by atoms with Gasteiger partial charge in [-0.1, -0.05) is 6.07 Å². The highest BCUT2D eigenvalue weighted by Crippen LogP contribution is 2.25. The summed E-state index contributed by atoms with van der Waals surface area (Å²) in [5.41, 5.74) is 1.61. The van der Waals surface area contributed by atoms with Crippen molar-refractivity contribution in [2.24, 2.45) is 0 Å². The molecule has 0 heterocycles. The number of nitrogens with zero attached hydrogens (tertiary/aromatic N) is 1. The molecule has 5 nitrogen and oxygen atoms in total. The molecule has 0 amide bonds. The summed E-state index contributed by atoms with van der Waals surface area (Å²) in [5, 5.41) is 13.9. The van der Waals surface area contributed by atoms with E-state index in [0.29, 0.717) is 12.3 Å². The third-order valence-corrected chi connectivity index (χ3v) is 2.17. The maximum Gasteiger partial charge on any atom is 0.292 e. The highest BCUT2D eigenvalue weighted by molar-refractivity contribution is 5.63. The van der Waals surface area contributed by atoms with E-state index in [1.54, 1.807) is 19.2 Å². The zero-order valence-corrected chi connectivity index (χ0v) is 9.69. The Morgan fingerprint density at radius 3 is 2.81 bits per heavy atom. The molecule has 0 aromatic heterocycles. The summed E-state index contributed by atoms with van der Waals surface area (Å²) in [6.45, 7) is 4.32. The maximum atomic E-state index is 10.8. The van der Waals surface area contributed by atoms with Crippen molar-refractivity contribution in [3.63, 3.8) is 0 Å². The molecule has 5 heteroatoms. The minimum atomic E-state index is -0.388. The first-order valence-corrected chi connectivity index (χ1v) is 5.05. The van der Waals surface area contributed by atoms with Crippen LogP contribution < -0.4 is 5.32 Å². The van der Waals surface area contributed by atoms with Crippen LogP contribution in [0.2, 0.25) is 0 Å². The van der Waals surface area contributed by atoms with Crippen LogP contribution in [-0.4, -0.2) is 24.7 Å². The lowest BCUT2D eigenvalue weighted by Crippen LogP contribution is -2.21. The van der Waals surface area contributed by atoms with Crippen LogP contribution in [0.3, 0.4) is 0 Å². The normalized spacial score (nSPS) is 12.2. The van der Waals surface area contributed by atoms with Crippen molar-refractivity contribution in [1.29, 1.82) is 0 Å². The first-order valence-electron chi connectivity index (χ1n) is 5.05. The van der Waals surface area contributed by atoms with Crippen molar-refractivity contribution in [2.75, 3.05) is 19.0 Å². The fourth-order valence-corrected chi connectivity index (χ4v) is 1.48. The van der Waals surface area contributed by atoms with E-state index in [4.69, 9.17) is 4.74 Å². The Hall–Kier alpha value is -1.62. The highest BCUT2D eigenvalue weighted by atomic mass is 16.6. The molecule has 88 valence electrons. The molecule has 0 aliphatic rings. The molecule has 0 spiro atoms. The van der Waals surface area contributed by atoms with Crippen molar-refractivity contribution >= 4 is 11.4 Å². The average Bonchev–Trinajstić information content (AvgIpc) is 2.17. The van der Waals surface area contributed by atoms with E-state index in [-0.39, 0.29) is 16.7 Å². The Bertz CT molecular complexity index is 379. The van der Waals surface area contributed by atoms with Crippen LogP contribution in [0, 0.1) is 17.0 Å². The first kappa shape index (κ1) is 12.4. The number of rotatable bonds is 5. The number of methoxy groups -OCH3 is 1. The van der Waals surface area contributed by atoms with Gasteiger partial charge < -0.3 is 10.1 Å². The Morgan fingerprint density at radius 1 is 1.56 bits per heavy atom. The lowest BCUT2D eigenvalue weighted by Gasteiger charge is -2.14. The summed E-state index contributed by atoms with van der Waals surface area (Å²) in [5.74, 6) is 0. The number of nitro benzene ring substituents is 1. The zero-order valence-electron chi connectivity index (χ0n) is 9.69. The van der Waals surface area contributed by atoms with Crippen molar-refractivity contribution in [3.05, 3.63) is 33.9 Å². The van der Waals surface area contributed by atoms with Crippen LogP contribution in [0.5, 0.6) is 0 Å². The van der Waals surface area contributed by atoms with Crippen molar-refractivity contribution in [1.82, 2.24) is 0 Å². The monoisotopic (exact) mass is 224 g/mol. The highest BCUT2D eigenvalue weighted by Gasteiger charge is 2.14. The molecule has 1 aromatic rings. The van der Waals surface area contributed by atoms with E-state index in [1.165, 1.54) is 6.07 Å². The standard InChI is InChI=1S/C11H16N2O3/c1-8-4-5-11(13(14)15)10(6-8)12-9(2)7-16-3/h4-6,9,12H,7H2,1-3H3. The summed E-state index contributed by atoms with van der Waals surface area (Å²) in [4.78, 5) is 10.4. The molecular formula is C11H16N2O3. The second-order valence-corrected chi connectivity index (χ2v) is 3.78. The number of hydrogen-bond donors (Lipinski definition) is 1. The van der Waals surface area contributed by atoms with Crippen LogP contribution in [-0.2, 0) is 4.74 Å². The van der Waals surface area contributed by atoms with Crippen molar-refractivity contribution in [2.45, 2.75) is 19.9 Å². The third-order valence-electron chi connectivity index (χ3n) is 2.17. The number of hydrogen-bond acceptors (Lipinski definition) is 4. The van der Waals surface area contributed by atoms with E-state index < -0.39 is 0 Å². The molecular weight excluding hydrogens is 208 g/mol. The van der Waals surface area contributed by atoms with Gasteiger partial charge in [0, 0.05) is 19.2 Å². The smallest absolute Gasteiger partial charge is 0.292 e. The Kier molecular flexibility index (Phi) is 4.25. The van der Waals surface area contributed by atoms with Gasteiger partial charge in [-0.2, -0.15) is 0 Å². The lowest BCUT2D eigenvalue weighted by atomic mass is 10.2. The SMILES string of the molecule is COCC(C)Nc1cc(C)ccc1[N+](=O)[O-]. The fraction of sp³-hybridized carbons (Fsp3) is 0.455. The second-order valence-electron chi connectivity index (χ2n) is 3.78. The molecule has 16 heavy (non-hydrogen) atoms. The van der Waals surface area contributed by atoms with Crippen LogP contribution >= 0.6 is 0 Å². The fourth-order valence-electron chi connectivity index (χ4n) is 1.48. The van der Waals surface area contributed by atoms with E-state index >= 15 is 0 Å². The molecule has 1 atom stereocenters. The minimum absolute atomic E-state index is 0.0329. The average molecular weight is 224 g/mol. The van der Waals surface area contributed by atoms with Gasteiger partial charge >= 0.3 is 0 Å².